The predicted octanol–water partition coefficient (Wildman–Crippen LogP) is 8.72. The van der Waals surface area contributed by atoms with Crippen LogP contribution in [0, 0.1) is 0 Å². The Hall–Kier alpha value is -3.29. The fraction of sp³-hybridized carbons (Fsp3) is 0.714. The highest BCUT2D eigenvalue weighted by Gasteiger charge is 2.29. The molecule has 0 saturated carbocycles. The summed E-state index contributed by atoms with van der Waals surface area (Å²) in [6.07, 6.45) is 24.7. The van der Waals surface area contributed by atoms with E-state index < -0.39 is 16.0 Å². The smallest absolute Gasteiger partial charge is 0.303 e. The number of sulfonamides is 1. The molecule has 12 nitrogen and oxygen atoms in total. The molecule has 0 radical (unpaired) electrons. The van der Waals surface area contributed by atoms with Gasteiger partial charge < -0.3 is 19.7 Å². The SMILES string of the molecule is CCCCCCCCCCCCCCCCCCCC(=O)O.CCCc1nn(C)c2c(=O)[nH]c(-c3cc(S(=O)(=O)N4CCN(C)CC4)ccc3OCC)nc12. The first kappa shape index (κ1) is 46.1. The van der Waals surface area contributed by atoms with E-state index in [2.05, 4.69) is 21.9 Å². The second kappa shape index (κ2) is 25.1. The Morgan fingerprint density at radius 3 is 1.85 bits per heavy atom. The average molecular weight is 787 g/mol. The summed E-state index contributed by atoms with van der Waals surface area (Å²) in [6.45, 7) is 8.76. The first-order valence-corrected chi connectivity index (χ1v) is 22.6. The van der Waals surface area contributed by atoms with Crippen molar-refractivity contribution in [1.82, 2.24) is 29.0 Å². The summed E-state index contributed by atoms with van der Waals surface area (Å²) in [6, 6.07) is 4.71. The number of piperazine rings is 1. The molecule has 1 fully saturated rings. The number of carboxylic acids is 1. The molecule has 0 atom stereocenters. The summed E-state index contributed by atoms with van der Waals surface area (Å²) in [7, 11) is -0.00831. The minimum atomic E-state index is -3.70. The van der Waals surface area contributed by atoms with E-state index in [-0.39, 0.29) is 16.3 Å². The summed E-state index contributed by atoms with van der Waals surface area (Å²) in [5, 5.41) is 13.0. The number of aliphatic carboxylic acids is 1. The van der Waals surface area contributed by atoms with E-state index in [0.717, 1.165) is 25.0 Å². The lowest BCUT2D eigenvalue weighted by molar-refractivity contribution is -0.137. The quantitative estimate of drug-likeness (QED) is 0.0804. The van der Waals surface area contributed by atoms with Crippen LogP contribution in [0.1, 0.15) is 148 Å². The number of carboxylic acid groups (broad SMARTS) is 1. The molecule has 2 N–H and O–H groups in total. The second-order valence-corrected chi connectivity index (χ2v) is 17.0. The number of nitrogens with zero attached hydrogens (tertiary/aromatic N) is 5. The molecule has 1 aliphatic rings. The highest BCUT2D eigenvalue weighted by molar-refractivity contribution is 7.89. The van der Waals surface area contributed by atoms with E-state index in [1.54, 1.807) is 25.2 Å². The van der Waals surface area contributed by atoms with Crippen LogP contribution in [0.4, 0.5) is 0 Å². The lowest BCUT2D eigenvalue weighted by Crippen LogP contribution is -2.47. The van der Waals surface area contributed by atoms with Crippen LogP contribution in [0.2, 0.25) is 0 Å². The van der Waals surface area contributed by atoms with Gasteiger partial charge in [-0.3, -0.25) is 14.3 Å². The highest BCUT2D eigenvalue weighted by Crippen LogP contribution is 2.32. The monoisotopic (exact) mass is 787 g/mol. The normalized spacial score (nSPS) is 13.9. The molecule has 2 aromatic heterocycles. The van der Waals surface area contributed by atoms with Crippen LogP contribution in [-0.4, -0.2) is 88.3 Å². The molecule has 1 aliphatic heterocycles. The molecular formula is C42H70N6O6S. The Morgan fingerprint density at radius 1 is 0.800 bits per heavy atom. The summed E-state index contributed by atoms with van der Waals surface area (Å²) < 4.78 is 35.4. The number of unbranched alkanes of at least 4 members (excludes halogenated alkanes) is 16. The van der Waals surface area contributed by atoms with Crippen LogP contribution in [0.3, 0.4) is 0 Å². The van der Waals surface area contributed by atoms with Gasteiger partial charge in [0.1, 0.15) is 17.1 Å². The molecule has 3 heterocycles. The van der Waals surface area contributed by atoms with Gasteiger partial charge in [-0.2, -0.15) is 9.40 Å². The van der Waals surface area contributed by atoms with Crippen molar-refractivity contribution >= 4 is 27.0 Å². The van der Waals surface area contributed by atoms with E-state index in [1.165, 1.54) is 105 Å². The number of likely N-dealkylation sites (N-methyl/N-ethyl adjacent to an activating group) is 1. The molecule has 0 aliphatic carbocycles. The van der Waals surface area contributed by atoms with Crippen molar-refractivity contribution in [2.45, 2.75) is 154 Å². The van der Waals surface area contributed by atoms with Gasteiger partial charge in [0, 0.05) is 39.6 Å². The van der Waals surface area contributed by atoms with Crippen molar-refractivity contribution < 1.29 is 23.1 Å². The van der Waals surface area contributed by atoms with Gasteiger partial charge in [0.15, 0.2) is 5.52 Å². The number of hydrogen-bond acceptors (Lipinski definition) is 8. The third kappa shape index (κ3) is 15.3. The van der Waals surface area contributed by atoms with E-state index in [1.807, 2.05) is 20.9 Å². The average Bonchev–Trinajstić information content (AvgIpc) is 3.48. The Kier molecular flexibility index (Phi) is 21.0. The maximum atomic E-state index is 13.3. The molecule has 310 valence electrons. The van der Waals surface area contributed by atoms with Gasteiger partial charge in [0.2, 0.25) is 10.0 Å². The molecule has 4 rings (SSSR count). The molecule has 13 heteroatoms. The largest absolute Gasteiger partial charge is 0.493 e. The lowest BCUT2D eigenvalue weighted by Gasteiger charge is -2.31. The van der Waals surface area contributed by atoms with Gasteiger partial charge in [0.05, 0.1) is 22.8 Å². The van der Waals surface area contributed by atoms with Gasteiger partial charge >= 0.3 is 5.97 Å². The van der Waals surface area contributed by atoms with Crippen molar-refractivity contribution in [2.24, 2.45) is 7.05 Å². The van der Waals surface area contributed by atoms with Gasteiger partial charge in [-0.05, 0) is 45.0 Å². The van der Waals surface area contributed by atoms with Gasteiger partial charge in [-0.25, -0.2) is 13.4 Å². The summed E-state index contributed by atoms with van der Waals surface area (Å²) in [5.41, 5.74) is 1.75. The number of aryl methyl sites for hydroxylation is 2. The van der Waals surface area contributed by atoms with Crippen molar-refractivity contribution in [2.75, 3.05) is 39.8 Å². The number of fused-ring (bicyclic) bond motifs is 1. The molecule has 0 unspecified atom stereocenters. The third-order valence-corrected chi connectivity index (χ3v) is 12.2. The van der Waals surface area contributed by atoms with E-state index in [4.69, 9.17) is 14.8 Å². The van der Waals surface area contributed by atoms with Gasteiger partial charge in [-0.15, -0.1) is 0 Å². The number of rotatable bonds is 25. The fourth-order valence-corrected chi connectivity index (χ4v) is 8.54. The van der Waals surface area contributed by atoms with Crippen molar-refractivity contribution in [3.05, 3.63) is 34.2 Å². The summed E-state index contributed by atoms with van der Waals surface area (Å²) in [5.74, 6) is 0.0657. The zero-order chi connectivity index (χ0) is 40.1. The van der Waals surface area contributed by atoms with Gasteiger partial charge in [-0.1, -0.05) is 123 Å². The number of hydrogen-bond donors (Lipinski definition) is 2. The van der Waals surface area contributed by atoms with Crippen molar-refractivity contribution in [3.8, 4) is 17.1 Å². The second-order valence-electron chi connectivity index (χ2n) is 15.0. The van der Waals surface area contributed by atoms with E-state index in [9.17, 15) is 18.0 Å². The maximum absolute atomic E-state index is 13.3. The lowest BCUT2D eigenvalue weighted by atomic mass is 10.0. The number of H-pyrrole nitrogens is 1. The summed E-state index contributed by atoms with van der Waals surface area (Å²) >= 11 is 0. The van der Waals surface area contributed by atoms with Crippen LogP contribution >= 0.6 is 0 Å². The Bertz CT molecular complexity index is 1730. The molecule has 3 aromatic rings. The molecule has 0 spiro atoms. The van der Waals surface area contributed by atoms with Crippen LogP contribution in [0.25, 0.3) is 22.4 Å². The minimum absolute atomic E-state index is 0.147. The van der Waals surface area contributed by atoms with Crippen molar-refractivity contribution in [1.29, 1.82) is 0 Å². The van der Waals surface area contributed by atoms with Crippen molar-refractivity contribution in [3.63, 3.8) is 0 Å². The van der Waals surface area contributed by atoms with Crippen LogP contribution < -0.4 is 10.3 Å². The van der Waals surface area contributed by atoms with Crippen LogP contribution in [-0.2, 0) is 28.3 Å². The van der Waals surface area contributed by atoms with Crippen LogP contribution in [0.15, 0.2) is 27.9 Å². The Morgan fingerprint density at radius 2 is 1.35 bits per heavy atom. The molecule has 1 aromatic carbocycles. The highest BCUT2D eigenvalue weighted by atomic mass is 32.2. The Labute approximate surface area is 330 Å². The number of carbonyl (C=O) groups is 1. The van der Waals surface area contributed by atoms with Crippen LogP contribution in [0.5, 0.6) is 5.75 Å². The number of benzene rings is 1. The maximum Gasteiger partial charge on any atom is 0.303 e. The zero-order valence-corrected chi connectivity index (χ0v) is 35.4. The Balaban J connectivity index is 0.000000324. The number of aromatic amines is 1. The zero-order valence-electron chi connectivity index (χ0n) is 34.5. The minimum Gasteiger partial charge on any atom is -0.493 e. The number of aromatic nitrogens is 4. The molecule has 0 bridgehead atoms. The van der Waals surface area contributed by atoms with E-state index in [0.29, 0.717) is 68.0 Å². The topological polar surface area (TPSA) is 151 Å². The fourth-order valence-electron chi connectivity index (χ4n) is 7.09. The predicted molar refractivity (Wildman–Crippen MR) is 222 cm³/mol. The van der Waals surface area contributed by atoms with Gasteiger partial charge in [0.25, 0.3) is 5.56 Å². The molecular weight excluding hydrogens is 717 g/mol. The molecule has 55 heavy (non-hydrogen) atoms. The number of ether oxygens (including phenoxy) is 1. The number of nitrogens with one attached hydrogen (secondary N) is 1. The third-order valence-electron chi connectivity index (χ3n) is 10.3. The first-order valence-electron chi connectivity index (χ1n) is 21.2. The first-order chi connectivity index (χ1) is 26.5. The molecule has 0 amide bonds. The summed E-state index contributed by atoms with van der Waals surface area (Å²) in [4.78, 5) is 33.0. The standard InChI is InChI=1S/C22H30N6O4S.C20H40O2/c1-5-7-17-19-20(27(4)25-17)22(29)24-21(23-19)16-14-15(8-9-18(16)32-6-2)33(30,31)28-12-10-26(3)11-13-28;1-2-3-4-5-6-7-8-9-10-11-12-13-14-15-16-17-18-19-20(21)22/h8-9,14H,5-7,10-13H2,1-4H3,(H,23,24,29);2-19H2,1H3,(H,21,22). The van der Waals surface area contributed by atoms with E-state index >= 15 is 0 Å². The molecule has 1 saturated heterocycles.